The molecule has 0 unspecified atom stereocenters. The standard InChI is InChI=1S/C15H19NO2/c17-15(16-9-3-4-10-16)18-11-13-5-1-2-6-14(13)12-7-8-12/h1-2,5-6,12H,3-4,7-11H2. The van der Waals surface area contributed by atoms with Crippen LogP contribution in [0.5, 0.6) is 0 Å². The van der Waals surface area contributed by atoms with Crippen LogP contribution < -0.4 is 0 Å². The van der Waals surface area contributed by atoms with Crippen molar-refractivity contribution in [2.24, 2.45) is 0 Å². The van der Waals surface area contributed by atoms with Crippen LogP contribution in [-0.4, -0.2) is 24.1 Å². The Morgan fingerprint density at radius 2 is 1.94 bits per heavy atom. The highest BCUT2D eigenvalue weighted by Gasteiger charge is 2.26. The van der Waals surface area contributed by atoms with Gasteiger partial charge in [-0.05, 0) is 42.7 Å². The van der Waals surface area contributed by atoms with E-state index in [2.05, 4.69) is 18.2 Å². The maximum Gasteiger partial charge on any atom is 0.410 e. The first-order chi connectivity index (χ1) is 8.84. The predicted octanol–water partition coefficient (Wildman–Crippen LogP) is 3.30. The predicted molar refractivity (Wildman–Crippen MR) is 69.4 cm³/mol. The summed E-state index contributed by atoms with van der Waals surface area (Å²) >= 11 is 0. The summed E-state index contributed by atoms with van der Waals surface area (Å²) in [4.78, 5) is 13.6. The lowest BCUT2D eigenvalue weighted by atomic mass is 10.0. The maximum absolute atomic E-state index is 11.8. The SMILES string of the molecule is O=C(OCc1ccccc1C1CC1)N1CCCC1. The van der Waals surface area contributed by atoms with Gasteiger partial charge in [-0.1, -0.05) is 24.3 Å². The molecule has 1 aromatic carbocycles. The van der Waals surface area contributed by atoms with E-state index in [1.807, 2.05) is 6.07 Å². The highest BCUT2D eigenvalue weighted by molar-refractivity contribution is 5.67. The molecule has 18 heavy (non-hydrogen) atoms. The molecule has 1 saturated carbocycles. The fraction of sp³-hybridized carbons (Fsp3) is 0.533. The molecule has 0 radical (unpaired) electrons. The Morgan fingerprint density at radius 1 is 1.22 bits per heavy atom. The molecule has 3 heteroatoms. The lowest BCUT2D eigenvalue weighted by Crippen LogP contribution is -2.28. The van der Waals surface area contributed by atoms with Gasteiger partial charge < -0.3 is 9.64 Å². The van der Waals surface area contributed by atoms with Gasteiger partial charge in [-0.15, -0.1) is 0 Å². The number of carbonyl (C=O) groups excluding carboxylic acids is 1. The minimum Gasteiger partial charge on any atom is -0.445 e. The number of nitrogens with zero attached hydrogens (tertiary/aromatic N) is 1. The third-order valence-corrected chi connectivity index (χ3v) is 3.79. The molecular weight excluding hydrogens is 226 g/mol. The van der Waals surface area contributed by atoms with Gasteiger partial charge in [0.25, 0.3) is 0 Å². The molecular formula is C15H19NO2. The number of hydrogen-bond acceptors (Lipinski definition) is 2. The van der Waals surface area contributed by atoms with E-state index in [1.165, 1.54) is 24.0 Å². The highest BCUT2D eigenvalue weighted by atomic mass is 16.6. The second-order valence-electron chi connectivity index (χ2n) is 5.22. The monoisotopic (exact) mass is 245 g/mol. The van der Waals surface area contributed by atoms with Crippen LogP contribution in [0.1, 0.15) is 42.7 Å². The molecule has 2 aliphatic rings. The molecule has 0 N–H and O–H groups in total. The van der Waals surface area contributed by atoms with Gasteiger partial charge in [-0.2, -0.15) is 0 Å². The topological polar surface area (TPSA) is 29.5 Å². The molecule has 96 valence electrons. The summed E-state index contributed by atoms with van der Waals surface area (Å²) in [5, 5.41) is 0. The van der Waals surface area contributed by atoms with Gasteiger partial charge in [0.2, 0.25) is 0 Å². The summed E-state index contributed by atoms with van der Waals surface area (Å²) in [5.41, 5.74) is 2.54. The minimum atomic E-state index is -0.155. The van der Waals surface area contributed by atoms with Crippen molar-refractivity contribution < 1.29 is 9.53 Å². The Morgan fingerprint density at radius 3 is 2.67 bits per heavy atom. The van der Waals surface area contributed by atoms with Gasteiger partial charge >= 0.3 is 6.09 Å². The maximum atomic E-state index is 11.8. The Kier molecular flexibility index (Phi) is 3.22. The van der Waals surface area contributed by atoms with E-state index in [-0.39, 0.29) is 6.09 Å². The van der Waals surface area contributed by atoms with E-state index in [1.54, 1.807) is 4.90 Å². The van der Waals surface area contributed by atoms with Crippen LogP contribution in [0.25, 0.3) is 0 Å². The van der Waals surface area contributed by atoms with E-state index in [4.69, 9.17) is 4.74 Å². The molecule has 0 aromatic heterocycles. The van der Waals surface area contributed by atoms with Crippen molar-refractivity contribution in [3.63, 3.8) is 0 Å². The second-order valence-corrected chi connectivity index (χ2v) is 5.22. The zero-order valence-electron chi connectivity index (χ0n) is 10.6. The van der Waals surface area contributed by atoms with Crippen molar-refractivity contribution in [2.75, 3.05) is 13.1 Å². The Hall–Kier alpha value is -1.51. The van der Waals surface area contributed by atoms with E-state index in [0.717, 1.165) is 25.9 Å². The van der Waals surface area contributed by atoms with Crippen LogP contribution >= 0.6 is 0 Å². The molecule has 1 heterocycles. The normalized spacial score (nSPS) is 19.0. The number of rotatable bonds is 3. The summed E-state index contributed by atoms with van der Waals surface area (Å²) in [6.07, 6.45) is 4.61. The van der Waals surface area contributed by atoms with Crippen LogP contribution in [0.4, 0.5) is 4.79 Å². The average Bonchev–Trinajstić information content (AvgIpc) is 3.10. The molecule has 0 bridgehead atoms. The van der Waals surface area contributed by atoms with Crippen LogP contribution in [0.15, 0.2) is 24.3 Å². The summed E-state index contributed by atoms with van der Waals surface area (Å²) in [6.45, 7) is 2.12. The first-order valence-corrected chi connectivity index (χ1v) is 6.84. The number of ether oxygens (including phenoxy) is 1. The molecule has 3 nitrogen and oxygen atoms in total. The largest absolute Gasteiger partial charge is 0.445 e. The molecule has 3 rings (SSSR count). The van der Waals surface area contributed by atoms with Crippen LogP contribution in [0.3, 0.4) is 0 Å². The number of likely N-dealkylation sites (tertiary alicyclic amines) is 1. The molecule has 1 aliphatic carbocycles. The fourth-order valence-electron chi connectivity index (χ4n) is 2.59. The van der Waals surface area contributed by atoms with Crippen molar-refractivity contribution in [3.05, 3.63) is 35.4 Å². The smallest absolute Gasteiger partial charge is 0.410 e. The number of amides is 1. The van der Waals surface area contributed by atoms with Gasteiger partial charge in [0.1, 0.15) is 6.61 Å². The van der Waals surface area contributed by atoms with Crippen molar-refractivity contribution in [1.29, 1.82) is 0 Å². The van der Waals surface area contributed by atoms with Gasteiger partial charge in [0.05, 0.1) is 0 Å². The Balaban J connectivity index is 1.60. The van der Waals surface area contributed by atoms with Crippen molar-refractivity contribution in [2.45, 2.75) is 38.2 Å². The van der Waals surface area contributed by atoms with Crippen molar-refractivity contribution >= 4 is 6.09 Å². The van der Waals surface area contributed by atoms with Gasteiger partial charge in [-0.3, -0.25) is 0 Å². The van der Waals surface area contributed by atoms with Gasteiger partial charge in [-0.25, -0.2) is 4.79 Å². The van der Waals surface area contributed by atoms with Gasteiger partial charge in [0.15, 0.2) is 0 Å². The lowest BCUT2D eigenvalue weighted by molar-refractivity contribution is 0.104. The van der Waals surface area contributed by atoms with Crippen LogP contribution in [0.2, 0.25) is 0 Å². The van der Waals surface area contributed by atoms with E-state index in [9.17, 15) is 4.79 Å². The fourth-order valence-corrected chi connectivity index (χ4v) is 2.59. The summed E-state index contributed by atoms with van der Waals surface area (Å²) < 4.78 is 5.42. The Labute approximate surface area is 108 Å². The van der Waals surface area contributed by atoms with E-state index >= 15 is 0 Å². The number of benzene rings is 1. The first kappa shape index (κ1) is 11.6. The zero-order chi connectivity index (χ0) is 12.4. The summed E-state index contributed by atoms with van der Waals surface area (Å²) in [6, 6.07) is 8.33. The molecule has 0 spiro atoms. The average molecular weight is 245 g/mol. The first-order valence-electron chi connectivity index (χ1n) is 6.84. The molecule has 2 fully saturated rings. The Bertz CT molecular complexity index is 434. The summed E-state index contributed by atoms with van der Waals surface area (Å²) in [5.74, 6) is 0.701. The number of hydrogen-bond donors (Lipinski definition) is 0. The number of carbonyl (C=O) groups is 1. The quantitative estimate of drug-likeness (QED) is 0.817. The third-order valence-electron chi connectivity index (χ3n) is 3.79. The zero-order valence-corrected chi connectivity index (χ0v) is 10.6. The van der Waals surface area contributed by atoms with E-state index in [0.29, 0.717) is 12.5 Å². The van der Waals surface area contributed by atoms with Crippen molar-refractivity contribution in [1.82, 2.24) is 4.90 Å². The molecule has 1 aromatic rings. The molecule has 1 saturated heterocycles. The summed E-state index contributed by atoms with van der Waals surface area (Å²) in [7, 11) is 0. The van der Waals surface area contributed by atoms with Crippen LogP contribution in [0, 0.1) is 0 Å². The molecule has 0 atom stereocenters. The highest BCUT2D eigenvalue weighted by Crippen LogP contribution is 2.41. The minimum absolute atomic E-state index is 0.155. The van der Waals surface area contributed by atoms with Crippen molar-refractivity contribution in [3.8, 4) is 0 Å². The van der Waals surface area contributed by atoms with E-state index < -0.39 is 0 Å². The third kappa shape index (κ3) is 2.50. The van der Waals surface area contributed by atoms with Gasteiger partial charge in [0, 0.05) is 13.1 Å². The van der Waals surface area contributed by atoms with Crippen LogP contribution in [-0.2, 0) is 11.3 Å². The molecule has 1 aliphatic heterocycles. The second kappa shape index (κ2) is 5.01. The lowest BCUT2D eigenvalue weighted by Gasteiger charge is -2.16. The molecule has 1 amide bonds.